The summed E-state index contributed by atoms with van der Waals surface area (Å²) in [6.07, 6.45) is 1.96. The Kier molecular flexibility index (Phi) is 6.20. The maximum atomic E-state index is 12.4. The van der Waals surface area contributed by atoms with Crippen molar-refractivity contribution in [1.29, 1.82) is 0 Å². The molecular weight excluding hydrogens is 302 g/mol. The largest absolute Gasteiger partial charge is 0.348 e. The molecule has 0 aliphatic heterocycles. The molecule has 0 radical (unpaired) electrons. The van der Waals surface area contributed by atoms with Crippen LogP contribution in [-0.2, 0) is 4.79 Å². The molecule has 6 heteroatoms. The first-order valence-electron chi connectivity index (χ1n) is 6.98. The van der Waals surface area contributed by atoms with E-state index >= 15 is 0 Å². The Balaban J connectivity index is 1.97. The van der Waals surface area contributed by atoms with Crippen molar-refractivity contribution in [2.45, 2.75) is 42.3 Å². The summed E-state index contributed by atoms with van der Waals surface area (Å²) in [4.78, 5) is 12.4. The molecule has 112 valence electrons. The number of nitrogens with zero attached hydrogens (tertiary/aromatic N) is 2. The van der Waals surface area contributed by atoms with Crippen molar-refractivity contribution in [3.05, 3.63) is 41.4 Å². The number of nitrogens with one attached hydrogen (secondary N) is 1. The van der Waals surface area contributed by atoms with Crippen LogP contribution in [-0.4, -0.2) is 21.4 Å². The van der Waals surface area contributed by atoms with Crippen molar-refractivity contribution in [2.75, 3.05) is 0 Å². The summed E-state index contributed by atoms with van der Waals surface area (Å²) >= 11 is 2.90. The average Bonchev–Trinajstić information content (AvgIpc) is 3.00. The van der Waals surface area contributed by atoms with Gasteiger partial charge in [0, 0.05) is 0 Å². The van der Waals surface area contributed by atoms with E-state index in [1.165, 1.54) is 23.1 Å². The number of amides is 1. The van der Waals surface area contributed by atoms with E-state index in [-0.39, 0.29) is 17.2 Å². The summed E-state index contributed by atoms with van der Waals surface area (Å²) in [5.41, 5.74) is 2.83. The van der Waals surface area contributed by atoms with Crippen LogP contribution >= 0.6 is 23.1 Å². The van der Waals surface area contributed by atoms with Crippen molar-refractivity contribution in [3.63, 3.8) is 0 Å². The van der Waals surface area contributed by atoms with Gasteiger partial charge in [-0.25, -0.2) is 0 Å². The number of carbonyl (C=O) groups is 1. The van der Waals surface area contributed by atoms with Crippen molar-refractivity contribution < 1.29 is 4.79 Å². The van der Waals surface area contributed by atoms with E-state index in [4.69, 9.17) is 0 Å². The van der Waals surface area contributed by atoms with Crippen molar-refractivity contribution in [2.24, 2.45) is 0 Å². The first-order chi connectivity index (χ1) is 10.2. The highest BCUT2D eigenvalue weighted by atomic mass is 32.2. The van der Waals surface area contributed by atoms with Gasteiger partial charge in [0.1, 0.15) is 5.51 Å². The van der Waals surface area contributed by atoms with Crippen LogP contribution in [0, 0.1) is 0 Å². The predicted molar refractivity (Wildman–Crippen MR) is 87.5 cm³/mol. The van der Waals surface area contributed by atoms with Gasteiger partial charge in [0.25, 0.3) is 0 Å². The molecule has 1 aromatic carbocycles. The van der Waals surface area contributed by atoms with Gasteiger partial charge in [-0.1, -0.05) is 66.8 Å². The van der Waals surface area contributed by atoms with Gasteiger partial charge in [0.15, 0.2) is 4.34 Å². The first-order valence-corrected chi connectivity index (χ1v) is 8.74. The van der Waals surface area contributed by atoms with Crippen molar-refractivity contribution >= 4 is 29.0 Å². The standard InChI is InChI=1S/C15H19N3OS2/c1-3-7-13(12-8-5-4-6-9-12)17-14(19)11(2)21-15-18-16-10-20-15/h4-6,8-11,13H,3,7H2,1-2H3,(H,17,19)/t11-,13-/m1/s1. The zero-order valence-electron chi connectivity index (χ0n) is 12.2. The van der Waals surface area contributed by atoms with Gasteiger partial charge in [-0.15, -0.1) is 10.2 Å². The van der Waals surface area contributed by atoms with Crippen LogP contribution in [0.25, 0.3) is 0 Å². The average molecular weight is 321 g/mol. The third-order valence-corrected chi connectivity index (χ3v) is 4.99. The van der Waals surface area contributed by atoms with Gasteiger partial charge in [-0.2, -0.15) is 0 Å². The molecule has 0 bridgehead atoms. The number of rotatable bonds is 7. The smallest absolute Gasteiger partial charge is 0.233 e. The fourth-order valence-electron chi connectivity index (χ4n) is 2.00. The van der Waals surface area contributed by atoms with Crippen LogP contribution < -0.4 is 5.32 Å². The molecule has 1 heterocycles. The zero-order chi connectivity index (χ0) is 15.1. The van der Waals surface area contributed by atoms with Crippen molar-refractivity contribution in [3.8, 4) is 0 Å². The first kappa shape index (κ1) is 16.0. The molecule has 0 unspecified atom stereocenters. The summed E-state index contributed by atoms with van der Waals surface area (Å²) < 4.78 is 0.824. The van der Waals surface area contributed by atoms with Gasteiger partial charge in [-0.3, -0.25) is 4.79 Å². The minimum atomic E-state index is -0.180. The SMILES string of the molecule is CCC[C@@H](NC(=O)[C@@H](C)Sc1nncs1)c1ccccc1. The zero-order valence-corrected chi connectivity index (χ0v) is 13.8. The molecule has 0 saturated carbocycles. The summed E-state index contributed by atoms with van der Waals surface area (Å²) in [5.74, 6) is 0.0394. The Hall–Kier alpha value is -1.40. The number of thioether (sulfide) groups is 1. The molecule has 21 heavy (non-hydrogen) atoms. The van der Waals surface area contributed by atoms with E-state index in [1.54, 1.807) is 5.51 Å². The molecule has 2 aromatic rings. The number of aromatic nitrogens is 2. The van der Waals surface area contributed by atoms with Gasteiger partial charge in [-0.05, 0) is 18.9 Å². The number of hydrogen-bond donors (Lipinski definition) is 1. The minimum Gasteiger partial charge on any atom is -0.348 e. The van der Waals surface area contributed by atoms with E-state index in [1.807, 2.05) is 25.1 Å². The van der Waals surface area contributed by atoms with E-state index < -0.39 is 0 Å². The highest BCUT2D eigenvalue weighted by Crippen LogP contribution is 2.25. The quantitative estimate of drug-likeness (QED) is 0.791. The molecule has 2 atom stereocenters. The van der Waals surface area contributed by atoms with E-state index in [9.17, 15) is 4.79 Å². The Bertz CT molecular complexity index is 545. The van der Waals surface area contributed by atoms with Gasteiger partial charge >= 0.3 is 0 Å². The molecule has 2 rings (SSSR count). The maximum absolute atomic E-state index is 12.4. The van der Waals surface area contributed by atoms with Crippen LogP contribution in [0.2, 0.25) is 0 Å². The molecule has 0 spiro atoms. The number of hydrogen-bond acceptors (Lipinski definition) is 5. The van der Waals surface area contributed by atoms with E-state index in [0.29, 0.717) is 0 Å². The molecule has 0 aliphatic rings. The summed E-state index contributed by atoms with van der Waals surface area (Å²) in [6, 6.07) is 10.2. The van der Waals surface area contributed by atoms with Crippen LogP contribution in [0.4, 0.5) is 0 Å². The lowest BCUT2D eigenvalue weighted by molar-refractivity contribution is -0.121. The lowest BCUT2D eigenvalue weighted by Gasteiger charge is -2.20. The Morgan fingerprint density at radius 3 is 2.76 bits per heavy atom. The topological polar surface area (TPSA) is 54.9 Å². The van der Waals surface area contributed by atoms with Crippen molar-refractivity contribution in [1.82, 2.24) is 15.5 Å². The molecule has 1 N–H and O–H groups in total. The molecule has 0 aliphatic carbocycles. The fourth-order valence-corrected chi connectivity index (χ4v) is 3.64. The minimum absolute atomic E-state index is 0.0394. The molecular formula is C15H19N3OS2. The number of carbonyl (C=O) groups excluding carboxylic acids is 1. The highest BCUT2D eigenvalue weighted by Gasteiger charge is 2.20. The third kappa shape index (κ3) is 4.82. The predicted octanol–water partition coefficient (Wildman–Crippen LogP) is 3.68. The molecule has 4 nitrogen and oxygen atoms in total. The lowest BCUT2D eigenvalue weighted by Crippen LogP contribution is -2.34. The Morgan fingerprint density at radius 2 is 2.14 bits per heavy atom. The molecule has 1 amide bonds. The van der Waals surface area contributed by atoms with Crippen LogP contribution in [0.15, 0.2) is 40.2 Å². The van der Waals surface area contributed by atoms with Gasteiger partial charge in [0.05, 0.1) is 11.3 Å². The second-order valence-corrected chi connectivity index (χ2v) is 7.15. The Morgan fingerprint density at radius 1 is 1.38 bits per heavy atom. The van der Waals surface area contributed by atoms with Crippen LogP contribution in [0.5, 0.6) is 0 Å². The van der Waals surface area contributed by atoms with E-state index in [0.717, 1.165) is 22.7 Å². The van der Waals surface area contributed by atoms with Crippen LogP contribution in [0.3, 0.4) is 0 Å². The highest BCUT2D eigenvalue weighted by molar-refractivity contribution is 8.02. The molecule has 1 aromatic heterocycles. The lowest BCUT2D eigenvalue weighted by atomic mass is 10.0. The van der Waals surface area contributed by atoms with Crippen LogP contribution in [0.1, 0.15) is 38.3 Å². The maximum Gasteiger partial charge on any atom is 0.233 e. The third-order valence-electron chi connectivity index (χ3n) is 3.08. The summed E-state index contributed by atoms with van der Waals surface area (Å²) in [7, 11) is 0. The van der Waals surface area contributed by atoms with Gasteiger partial charge < -0.3 is 5.32 Å². The summed E-state index contributed by atoms with van der Waals surface area (Å²) in [6.45, 7) is 4.02. The molecule has 0 saturated heterocycles. The number of benzene rings is 1. The monoisotopic (exact) mass is 321 g/mol. The second kappa shape index (κ2) is 8.14. The van der Waals surface area contributed by atoms with E-state index in [2.05, 4.69) is 34.6 Å². The molecule has 0 fully saturated rings. The fraction of sp³-hybridized carbons (Fsp3) is 0.400. The normalized spacial score (nSPS) is 13.6. The Labute approximate surface area is 133 Å². The second-order valence-electron chi connectivity index (χ2n) is 4.73. The van der Waals surface area contributed by atoms with Gasteiger partial charge in [0.2, 0.25) is 5.91 Å². The summed E-state index contributed by atoms with van der Waals surface area (Å²) in [5, 5.41) is 10.7.